The highest BCUT2D eigenvalue weighted by Crippen LogP contribution is 2.29. The Kier molecular flexibility index (Phi) is 3.14. The van der Waals surface area contributed by atoms with Gasteiger partial charge >= 0.3 is 6.03 Å². The van der Waals surface area contributed by atoms with E-state index in [1.54, 1.807) is 4.90 Å². The number of urea groups is 1. The van der Waals surface area contributed by atoms with Gasteiger partial charge in [-0.15, -0.1) is 0 Å². The summed E-state index contributed by atoms with van der Waals surface area (Å²) in [4.78, 5) is 13.3. The van der Waals surface area contributed by atoms with E-state index < -0.39 is 5.60 Å². The molecule has 0 aromatic rings. The number of hydrogen-bond acceptors (Lipinski definition) is 2. The molecule has 2 N–H and O–H groups in total. The first-order valence-electron chi connectivity index (χ1n) is 5.95. The number of hydrogen-bond donors (Lipinski definition) is 2. The van der Waals surface area contributed by atoms with E-state index in [4.69, 9.17) is 0 Å². The zero-order valence-corrected chi connectivity index (χ0v) is 9.17. The van der Waals surface area contributed by atoms with Crippen LogP contribution < -0.4 is 5.32 Å². The number of carbonyl (C=O) groups excluding carboxylic acids is 1. The van der Waals surface area contributed by atoms with Crippen molar-refractivity contribution >= 4 is 6.03 Å². The summed E-state index contributed by atoms with van der Waals surface area (Å²) in [5.74, 6) is 0. The fourth-order valence-corrected chi connectivity index (χ4v) is 2.55. The molecule has 4 nitrogen and oxygen atoms in total. The van der Waals surface area contributed by atoms with Gasteiger partial charge in [-0.25, -0.2) is 4.79 Å². The third kappa shape index (κ3) is 2.62. The largest absolute Gasteiger partial charge is 0.388 e. The highest BCUT2D eigenvalue weighted by atomic mass is 16.3. The maximum absolute atomic E-state index is 11.5. The van der Waals surface area contributed by atoms with Crippen molar-refractivity contribution in [3.8, 4) is 0 Å². The Morgan fingerprint density at radius 2 is 2.00 bits per heavy atom. The molecule has 1 aliphatic carbocycles. The molecule has 1 heterocycles. The van der Waals surface area contributed by atoms with Gasteiger partial charge in [0.1, 0.15) is 0 Å². The average Bonchev–Trinajstić information content (AvgIpc) is 2.22. The van der Waals surface area contributed by atoms with E-state index in [0.29, 0.717) is 6.54 Å². The van der Waals surface area contributed by atoms with Crippen LogP contribution in [-0.4, -0.2) is 41.3 Å². The van der Waals surface area contributed by atoms with E-state index in [1.807, 2.05) is 0 Å². The molecule has 2 aliphatic rings. The molecule has 0 spiro atoms. The number of nitrogens with zero attached hydrogens (tertiary/aromatic N) is 1. The molecule has 1 saturated carbocycles. The second-order valence-electron chi connectivity index (χ2n) is 4.79. The van der Waals surface area contributed by atoms with Crippen molar-refractivity contribution in [2.75, 3.05) is 19.6 Å². The lowest BCUT2D eigenvalue weighted by Crippen LogP contribution is -2.53. The van der Waals surface area contributed by atoms with E-state index in [-0.39, 0.29) is 6.03 Å². The van der Waals surface area contributed by atoms with Crippen LogP contribution in [0, 0.1) is 0 Å². The molecule has 86 valence electrons. The molecule has 0 aromatic heterocycles. The zero-order chi connectivity index (χ0) is 10.7. The number of aliphatic hydroxyl groups is 1. The fraction of sp³-hybridized carbons (Fsp3) is 0.909. The fourth-order valence-electron chi connectivity index (χ4n) is 2.55. The maximum Gasteiger partial charge on any atom is 0.317 e. The van der Waals surface area contributed by atoms with Gasteiger partial charge in [-0.1, -0.05) is 19.3 Å². The monoisotopic (exact) mass is 212 g/mol. The summed E-state index contributed by atoms with van der Waals surface area (Å²) in [6.07, 6.45) is 6.07. The van der Waals surface area contributed by atoms with Crippen LogP contribution in [0.4, 0.5) is 4.79 Å². The first-order chi connectivity index (χ1) is 7.20. The van der Waals surface area contributed by atoms with Crippen molar-refractivity contribution in [3.63, 3.8) is 0 Å². The maximum atomic E-state index is 11.5. The zero-order valence-electron chi connectivity index (χ0n) is 9.17. The molecule has 0 radical (unpaired) electrons. The van der Waals surface area contributed by atoms with Crippen molar-refractivity contribution in [2.45, 2.75) is 44.1 Å². The van der Waals surface area contributed by atoms with Crippen molar-refractivity contribution in [1.29, 1.82) is 0 Å². The number of nitrogens with one attached hydrogen (secondary N) is 1. The van der Waals surface area contributed by atoms with Gasteiger partial charge in [0.25, 0.3) is 0 Å². The lowest BCUT2D eigenvalue weighted by molar-refractivity contribution is -0.0193. The first-order valence-corrected chi connectivity index (χ1v) is 5.95. The van der Waals surface area contributed by atoms with Crippen LogP contribution in [0.1, 0.15) is 38.5 Å². The third-order valence-electron chi connectivity index (χ3n) is 3.44. The lowest BCUT2D eigenvalue weighted by atomic mass is 9.84. The van der Waals surface area contributed by atoms with Crippen LogP contribution in [0.15, 0.2) is 0 Å². The Balaban J connectivity index is 1.91. The summed E-state index contributed by atoms with van der Waals surface area (Å²) < 4.78 is 0. The standard InChI is InChI=1S/C11H20N2O2/c14-10-12-7-4-8-13(10)9-11(15)5-2-1-3-6-11/h15H,1-9H2,(H,12,14). The van der Waals surface area contributed by atoms with Crippen LogP contribution in [0.2, 0.25) is 0 Å². The Bertz CT molecular complexity index is 237. The normalized spacial score (nSPS) is 26.2. The van der Waals surface area contributed by atoms with Gasteiger partial charge in [-0.3, -0.25) is 0 Å². The summed E-state index contributed by atoms with van der Waals surface area (Å²) in [5.41, 5.74) is -0.618. The van der Waals surface area contributed by atoms with Crippen molar-refractivity contribution < 1.29 is 9.90 Å². The second kappa shape index (κ2) is 4.39. The molecule has 0 aromatic carbocycles. The number of β-amino-alcohol motifs (C(OH)–C–C–N with tert-alkyl or cyclic N) is 1. The smallest absolute Gasteiger partial charge is 0.317 e. The minimum atomic E-state index is -0.618. The summed E-state index contributed by atoms with van der Waals surface area (Å²) in [6, 6.07) is -0.0137. The lowest BCUT2D eigenvalue weighted by Gasteiger charge is -2.38. The third-order valence-corrected chi connectivity index (χ3v) is 3.44. The minimum absolute atomic E-state index is 0.0137. The summed E-state index contributed by atoms with van der Waals surface area (Å²) in [6.45, 7) is 2.07. The number of carbonyl (C=O) groups is 1. The second-order valence-corrected chi connectivity index (χ2v) is 4.79. The molecule has 0 unspecified atom stereocenters. The summed E-state index contributed by atoms with van der Waals surface area (Å²) >= 11 is 0. The molecule has 4 heteroatoms. The quantitative estimate of drug-likeness (QED) is 0.720. The molecule has 2 rings (SSSR count). The summed E-state index contributed by atoms with van der Waals surface area (Å²) in [5, 5.41) is 13.1. The van der Waals surface area contributed by atoms with Crippen molar-refractivity contribution in [1.82, 2.24) is 10.2 Å². The molecule has 1 saturated heterocycles. The number of rotatable bonds is 2. The van der Waals surface area contributed by atoms with Gasteiger partial charge in [-0.2, -0.15) is 0 Å². The van der Waals surface area contributed by atoms with Crippen LogP contribution in [0.5, 0.6) is 0 Å². The average molecular weight is 212 g/mol. The van der Waals surface area contributed by atoms with Gasteiger partial charge in [0.05, 0.1) is 12.1 Å². The Hall–Kier alpha value is -0.770. The van der Waals surface area contributed by atoms with E-state index >= 15 is 0 Å². The number of amides is 2. The predicted octanol–water partition coefficient (Wildman–Crippen LogP) is 1.10. The Morgan fingerprint density at radius 3 is 2.67 bits per heavy atom. The van der Waals surface area contributed by atoms with E-state index in [9.17, 15) is 9.90 Å². The van der Waals surface area contributed by atoms with Gasteiger partial charge < -0.3 is 15.3 Å². The van der Waals surface area contributed by atoms with Crippen LogP contribution >= 0.6 is 0 Å². The van der Waals surface area contributed by atoms with Crippen molar-refractivity contribution in [2.24, 2.45) is 0 Å². The van der Waals surface area contributed by atoms with E-state index in [0.717, 1.165) is 45.2 Å². The van der Waals surface area contributed by atoms with Gasteiger partial charge in [0.2, 0.25) is 0 Å². The van der Waals surface area contributed by atoms with E-state index in [2.05, 4.69) is 5.32 Å². The molecule has 15 heavy (non-hydrogen) atoms. The highest BCUT2D eigenvalue weighted by Gasteiger charge is 2.33. The SMILES string of the molecule is O=C1NCCCN1CC1(O)CCCCC1. The Morgan fingerprint density at radius 1 is 1.27 bits per heavy atom. The van der Waals surface area contributed by atoms with Crippen molar-refractivity contribution in [3.05, 3.63) is 0 Å². The molecule has 0 atom stereocenters. The highest BCUT2D eigenvalue weighted by molar-refractivity contribution is 5.74. The Labute approximate surface area is 90.6 Å². The van der Waals surface area contributed by atoms with E-state index in [1.165, 1.54) is 6.42 Å². The van der Waals surface area contributed by atoms with Crippen LogP contribution in [0.3, 0.4) is 0 Å². The summed E-state index contributed by atoms with van der Waals surface area (Å²) in [7, 11) is 0. The molecule has 2 amide bonds. The van der Waals surface area contributed by atoms with Gasteiger partial charge in [0.15, 0.2) is 0 Å². The molecule has 1 aliphatic heterocycles. The van der Waals surface area contributed by atoms with Gasteiger partial charge in [-0.05, 0) is 19.3 Å². The van der Waals surface area contributed by atoms with Crippen LogP contribution in [0.25, 0.3) is 0 Å². The van der Waals surface area contributed by atoms with Gasteiger partial charge in [0, 0.05) is 13.1 Å². The molecular formula is C11H20N2O2. The topological polar surface area (TPSA) is 52.6 Å². The minimum Gasteiger partial charge on any atom is -0.388 e. The molecule has 2 fully saturated rings. The molecular weight excluding hydrogens is 192 g/mol. The first kappa shape index (κ1) is 10.7. The van der Waals surface area contributed by atoms with Crippen LogP contribution in [-0.2, 0) is 0 Å². The molecule has 0 bridgehead atoms. The predicted molar refractivity (Wildman–Crippen MR) is 57.6 cm³/mol.